The Morgan fingerprint density at radius 3 is 2.79 bits per heavy atom. The number of nitrogens with one attached hydrogen (secondary N) is 2. The lowest BCUT2D eigenvalue weighted by Gasteiger charge is -2.11. The van der Waals surface area contributed by atoms with Crippen molar-refractivity contribution in [2.24, 2.45) is 5.10 Å². The molecule has 150 valence electrons. The number of hydrazone groups is 1. The van der Waals surface area contributed by atoms with E-state index >= 15 is 0 Å². The summed E-state index contributed by atoms with van der Waals surface area (Å²) in [6.07, 6.45) is 6.01. The normalized spacial score (nSPS) is 10.8. The number of unbranched alkanes of at least 4 members (excludes halogenated alkanes) is 3. The molecule has 0 bridgehead atoms. The van der Waals surface area contributed by atoms with Gasteiger partial charge in [0.25, 0.3) is 5.91 Å². The fraction of sp³-hybridized carbons (Fsp3) is 0.400. The number of hydrogen-bond acceptors (Lipinski definition) is 6. The minimum Gasteiger partial charge on any atom is -0.493 e. The number of aromatic amines is 1. The van der Waals surface area contributed by atoms with Gasteiger partial charge in [-0.3, -0.25) is 4.79 Å². The minimum atomic E-state index is -0.579. The summed E-state index contributed by atoms with van der Waals surface area (Å²) in [6.45, 7) is 4.48. The van der Waals surface area contributed by atoms with E-state index in [1.165, 1.54) is 25.1 Å². The lowest BCUT2D eigenvalue weighted by Crippen LogP contribution is -2.24. The van der Waals surface area contributed by atoms with Crippen molar-refractivity contribution in [3.05, 3.63) is 51.7 Å². The van der Waals surface area contributed by atoms with Crippen molar-refractivity contribution in [3.63, 3.8) is 0 Å². The van der Waals surface area contributed by atoms with Gasteiger partial charge < -0.3 is 14.5 Å². The van der Waals surface area contributed by atoms with E-state index in [0.717, 1.165) is 18.4 Å². The van der Waals surface area contributed by atoms with Crippen molar-refractivity contribution in [2.45, 2.75) is 39.5 Å². The molecule has 0 aliphatic carbocycles. The second kappa shape index (κ2) is 10.9. The number of benzene rings is 1. The van der Waals surface area contributed by atoms with Crippen LogP contribution in [0.4, 0.5) is 0 Å². The molecule has 0 aliphatic heterocycles. The molecule has 2 N–H and O–H groups in total. The van der Waals surface area contributed by atoms with E-state index < -0.39 is 11.6 Å². The molecule has 0 saturated heterocycles. The van der Waals surface area contributed by atoms with Gasteiger partial charge in [-0.2, -0.15) is 10.1 Å². The third kappa shape index (κ3) is 6.53. The van der Waals surface area contributed by atoms with Crippen molar-refractivity contribution in [1.82, 2.24) is 15.4 Å². The smallest absolute Gasteiger partial charge is 0.345 e. The quantitative estimate of drug-likeness (QED) is 0.371. The number of H-pyrrole nitrogens is 1. The summed E-state index contributed by atoms with van der Waals surface area (Å²) in [5.74, 6) is 0.700. The van der Waals surface area contributed by atoms with Crippen LogP contribution in [0.3, 0.4) is 0 Å². The SMILES string of the molecule is CCCCCCOc1ccc(/C=N/NC(=O)c2cc(C)[nH]c(=O)n2)cc1OC. The van der Waals surface area contributed by atoms with Crippen LogP contribution in [-0.2, 0) is 0 Å². The monoisotopic (exact) mass is 386 g/mol. The van der Waals surface area contributed by atoms with Gasteiger partial charge in [-0.1, -0.05) is 26.2 Å². The highest BCUT2D eigenvalue weighted by Gasteiger charge is 2.08. The number of aryl methyl sites for hydroxylation is 1. The van der Waals surface area contributed by atoms with Gasteiger partial charge in [0.05, 0.1) is 19.9 Å². The number of carbonyl (C=O) groups excluding carboxylic acids is 1. The molecule has 0 atom stereocenters. The van der Waals surface area contributed by atoms with Crippen molar-refractivity contribution in [1.29, 1.82) is 0 Å². The molecule has 8 nitrogen and oxygen atoms in total. The fourth-order valence-corrected chi connectivity index (χ4v) is 2.51. The minimum absolute atomic E-state index is 0.00259. The Labute approximate surface area is 164 Å². The zero-order valence-electron chi connectivity index (χ0n) is 16.4. The first-order chi connectivity index (χ1) is 13.5. The van der Waals surface area contributed by atoms with Crippen LogP contribution >= 0.6 is 0 Å². The van der Waals surface area contributed by atoms with E-state index in [9.17, 15) is 9.59 Å². The van der Waals surface area contributed by atoms with E-state index in [0.29, 0.717) is 23.8 Å². The first kappa shape index (κ1) is 21.1. The van der Waals surface area contributed by atoms with Gasteiger partial charge in [0.2, 0.25) is 0 Å². The van der Waals surface area contributed by atoms with Gasteiger partial charge in [0.1, 0.15) is 5.69 Å². The molecule has 0 aliphatic rings. The van der Waals surface area contributed by atoms with Gasteiger partial charge >= 0.3 is 5.69 Å². The first-order valence-electron chi connectivity index (χ1n) is 9.25. The second-order valence-corrected chi connectivity index (χ2v) is 6.27. The molecule has 0 unspecified atom stereocenters. The maximum atomic E-state index is 12.0. The maximum Gasteiger partial charge on any atom is 0.345 e. The van der Waals surface area contributed by atoms with Crippen LogP contribution in [0.25, 0.3) is 0 Å². The van der Waals surface area contributed by atoms with Gasteiger partial charge in [-0.15, -0.1) is 0 Å². The van der Waals surface area contributed by atoms with Crippen molar-refractivity contribution < 1.29 is 14.3 Å². The van der Waals surface area contributed by atoms with Crippen LogP contribution in [0.15, 0.2) is 34.2 Å². The summed E-state index contributed by atoms with van der Waals surface area (Å²) < 4.78 is 11.1. The molecule has 0 radical (unpaired) electrons. The van der Waals surface area contributed by atoms with Crippen LogP contribution in [-0.4, -0.2) is 35.8 Å². The van der Waals surface area contributed by atoms with E-state index in [2.05, 4.69) is 27.4 Å². The van der Waals surface area contributed by atoms with Gasteiger partial charge in [0, 0.05) is 5.69 Å². The molecule has 1 amide bonds. The van der Waals surface area contributed by atoms with Crippen LogP contribution < -0.4 is 20.6 Å². The molecule has 2 aromatic rings. The Kier molecular flexibility index (Phi) is 8.20. The molecule has 1 heterocycles. The van der Waals surface area contributed by atoms with Crippen LogP contribution in [0.2, 0.25) is 0 Å². The average molecular weight is 386 g/mol. The predicted octanol–water partition coefficient (Wildman–Crippen LogP) is 2.81. The lowest BCUT2D eigenvalue weighted by molar-refractivity contribution is 0.0949. The summed E-state index contributed by atoms with van der Waals surface area (Å²) in [5.41, 5.74) is 3.05. The van der Waals surface area contributed by atoms with E-state index in [4.69, 9.17) is 9.47 Å². The Morgan fingerprint density at radius 1 is 1.25 bits per heavy atom. The number of hydrogen-bond donors (Lipinski definition) is 2. The summed E-state index contributed by atoms with van der Waals surface area (Å²) in [7, 11) is 1.57. The van der Waals surface area contributed by atoms with E-state index in [-0.39, 0.29) is 5.69 Å². The Morgan fingerprint density at radius 2 is 2.07 bits per heavy atom. The number of aromatic nitrogens is 2. The number of methoxy groups -OCH3 is 1. The number of nitrogens with zero attached hydrogens (tertiary/aromatic N) is 2. The topological polar surface area (TPSA) is 106 Å². The van der Waals surface area contributed by atoms with Gasteiger partial charge in [-0.25, -0.2) is 10.2 Å². The highest BCUT2D eigenvalue weighted by atomic mass is 16.5. The Hall–Kier alpha value is -3.16. The Bertz CT molecular complexity index is 877. The molecule has 0 spiro atoms. The molecule has 2 rings (SSSR count). The van der Waals surface area contributed by atoms with Crippen LogP contribution in [0.5, 0.6) is 11.5 Å². The molecule has 8 heteroatoms. The highest BCUT2D eigenvalue weighted by Crippen LogP contribution is 2.27. The third-order valence-electron chi connectivity index (χ3n) is 3.93. The molecular weight excluding hydrogens is 360 g/mol. The molecule has 1 aromatic carbocycles. The predicted molar refractivity (Wildman–Crippen MR) is 107 cm³/mol. The fourth-order valence-electron chi connectivity index (χ4n) is 2.51. The van der Waals surface area contributed by atoms with Gasteiger partial charge in [-0.05, 0) is 43.2 Å². The second-order valence-electron chi connectivity index (χ2n) is 6.27. The largest absolute Gasteiger partial charge is 0.493 e. The lowest BCUT2D eigenvalue weighted by atomic mass is 10.2. The van der Waals surface area contributed by atoms with Crippen molar-refractivity contribution in [2.75, 3.05) is 13.7 Å². The standard InChI is InChI=1S/C20H26N4O4/c1-4-5-6-7-10-28-17-9-8-15(12-18(17)27-3)13-21-24-19(25)16-11-14(2)22-20(26)23-16/h8-9,11-13H,4-7,10H2,1-3H3,(H,24,25)(H,22,23,26)/b21-13+. The Balaban J connectivity index is 1.95. The van der Waals surface area contributed by atoms with Crippen LogP contribution in [0.1, 0.15) is 54.4 Å². The zero-order valence-corrected chi connectivity index (χ0v) is 16.4. The number of rotatable bonds is 10. The van der Waals surface area contributed by atoms with Crippen molar-refractivity contribution in [3.8, 4) is 11.5 Å². The molecule has 1 aromatic heterocycles. The van der Waals surface area contributed by atoms with E-state index in [1.54, 1.807) is 20.1 Å². The van der Waals surface area contributed by atoms with Gasteiger partial charge in [0.15, 0.2) is 11.5 Å². The maximum absolute atomic E-state index is 12.0. The first-order valence-corrected chi connectivity index (χ1v) is 9.25. The summed E-state index contributed by atoms with van der Waals surface area (Å²) in [6, 6.07) is 6.87. The van der Waals surface area contributed by atoms with Crippen LogP contribution in [0, 0.1) is 6.92 Å². The molecule has 0 fully saturated rings. The summed E-state index contributed by atoms with van der Waals surface area (Å²) in [4.78, 5) is 29.4. The van der Waals surface area contributed by atoms with Crippen molar-refractivity contribution >= 4 is 12.1 Å². The summed E-state index contributed by atoms with van der Waals surface area (Å²) in [5, 5.41) is 3.91. The molecule has 28 heavy (non-hydrogen) atoms. The summed E-state index contributed by atoms with van der Waals surface area (Å²) >= 11 is 0. The van der Waals surface area contributed by atoms with E-state index in [1.807, 2.05) is 12.1 Å². The molecular formula is C20H26N4O4. The number of amides is 1. The zero-order chi connectivity index (χ0) is 20.4. The molecule has 0 saturated carbocycles. The number of ether oxygens (including phenoxy) is 2. The number of carbonyl (C=O) groups is 1. The average Bonchev–Trinajstić information content (AvgIpc) is 2.67. The third-order valence-corrected chi connectivity index (χ3v) is 3.93. The highest BCUT2D eigenvalue weighted by molar-refractivity contribution is 5.93.